The number of hydrogen-bond acceptors (Lipinski definition) is 6. The number of nitrogens with zero attached hydrogens (tertiary/aromatic N) is 4. The second-order valence-electron chi connectivity index (χ2n) is 7.07. The van der Waals surface area contributed by atoms with E-state index in [2.05, 4.69) is 16.9 Å². The van der Waals surface area contributed by atoms with E-state index in [0.29, 0.717) is 12.1 Å². The second kappa shape index (κ2) is 4.97. The Bertz CT molecular complexity index is 1020. The van der Waals surface area contributed by atoms with E-state index in [1.807, 2.05) is 12.1 Å². The first-order valence-corrected chi connectivity index (χ1v) is 8.98. The Kier molecular flexibility index (Phi) is 2.95. The first-order chi connectivity index (χ1) is 12.9. The van der Waals surface area contributed by atoms with Crippen molar-refractivity contribution >= 4 is 46.6 Å². The van der Waals surface area contributed by atoms with Gasteiger partial charge in [0, 0.05) is 25.1 Å². The van der Waals surface area contributed by atoms with Crippen molar-refractivity contribution in [1.82, 2.24) is 9.80 Å². The molecule has 0 aliphatic carbocycles. The molecule has 1 aromatic carbocycles. The molecule has 0 bridgehead atoms. The number of amidine groups is 1. The third-order valence-corrected chi connectivity index (χ3v) is 5.71. The summed E-state index contributed by atoms with van der Waals surface area (Å²) in [7, 11) is 0. The zero-order valence-corrected chi connectivity index (χ0v) is 14.9. The molecule has 1 spiro atoms. The highest BCUT2D eigenvalue weighted by atomic mass is 16.2. The van der Waals surface area contributed by atoms with Gasteiger partial charge in [0.15, 0.2) is 0 Å². The van der Waals surface area contributed by atoms with Crippen LogP contribution in [0.4, 0.5) is 11.4 Å². The summed E-state index contributed by atoms with van der Waals surface area (Å²) in [5.74, 6) is -2.74. The maximum absolute atomic E-state index is 12.6. The molecule has 4 amide bonds. The van der Waals surface area contributed by atoms with Gasteiger partial charge in [-0.3, -0.25) is 29.1 Å². The first-order valence-electron chi connectivity index (χ1n) is 8.98. The van der Waals surface area contributed by atoms with Crippen LogP contribution in [-0.2, 0) is 32.0 Å². The highest BCUT2D eigenvalue weighted by molar-refractivity contribution is 6.55. The van der Waals surface area contributed by atoms with Gasteiger partial charge >= 0.3 is 0 Å². The quantitative estimate of drug-likeness (QED) is 0.578. The SMILES string of the molecule is CCC1=Nc2cc3c(cc2C1)N=C(N1C(=O)C2(C(=O)N(CC)C2=O)C1=O)C3. The van der Waals surface area contributed by atoms with E-state index in [9.17, 15) is 19.2 Å². The predicted molar refractivity (Wildman–Crippen MR) is 95.0 cm³/mol. The molecule has 4 aliphatic heterocycles. The largest absolute Gasteiger partial charge is 0.285 e. The van der Waals surface area contributed by atoms with Crippen LogP contribution in [0.2, 0.25) is 0 Å². The van der Waals surface area contributed by atoms with Crippen molar-refractivity contribution in [1.29, 1.82) is 0 Å². The van der Waals surface area contributed by atoms with Gasteiger partial charge < -0.3 is 0 Å². The molecule has 2 fully saturated rings. The maximum atomic E-state index is 12.6. The minimum absolute atomic E-state index is 0.151. The van der Waals surface area contributed by atoms with Crippen molar-refractivity contribution in [2.24, 2.45) is 15.4 Å². The van der Waals surface area contributed by atoms with Crippen molar-refractivity contribution < 1.29 is 19.2 Å². The van der Waals surface area contributed by atoms with Crippen LogP contribution < -0.4 is 0 Å². The van der Waals surface area contributed by atoms with Gasteiger partial charge in [-0.05, 0) is 36.6 Å². The number of carbonyl (C=O) groups is 4. The Morgan fingerprint density at radius 3 is 2.07 bits per heavy atom. The zero-order chi connectivity index (χ0) is 19.1. The molecule has 4 aliphatic rings. The van der Waals surface area contributed by atoms with Gasteiger partial charge in [0.2, 0.25) is 0 Å². The Morgan fingerprint density at radius 1 is 0.889 bits per heavy atom. The van der Waals surface area contributed by atoms with E-state index in [1.165, 1.54) is 0 Å². The van der Waals surface area contributed by atoms with E-state index >= 15 is 0 Å². The van der Waals surface area contributed by atoms with Gasteiger partial charge in [0.25, 0.3) is 29.0 Å². The average molecular weight is 364 g/mol. The summed E-state index contributed by atoms with van der Waals surface area (Å²) in [4.78, 5) is 60.4. The van der Waals surface area contributed by atoms with Crippen LogP contribution in [0.25, 0.3) is 0 Å². The number of imide groups is 2. The molecule has 0 aromatic heterocycles. The molecule has 0 saturated carbocycles. The van der Waals surface area contributed by atoms with E-state index in [1.54, 1.807) is 6.92 Å². The lowest BCUT2D eigenvalue weighted by atomic mass is 9.68. The third kappa shape index (κ3) is 1.68. The number of likely N-dealkylation sites (tertiary alicyclic amines) is 2. The molecule has 1 aromatic rings. The van der Waals surface area contributed by atoms with Crippen LogP contribution in [0.1, 0.15) is 31.4 Å². The van der Waals surface area contributed by atoms with Crippen LogP contribution >= 0.6 is 0 Å². The fraction of sp³-hybridized carbons (Fsp3) is 0.368. The van der Waals surface area contributed by atoms with Crippen molar-refractivity contribution in [3.8, 4) is 0 Å². The first kappa shape index (κ1) is 16.0. The zero-order valence-electron chi connectivity index (χ0n) is 14.9. The number of amides is 4. The van der Waals surface area contributed by atoms with Gasteiger partial charge in [0.1, 0.15) is 5.84 Å². The number of carbonyl (C=O) groups excluding carboxylic acids is 4. The van der Waals surface area contributed by atoms with Crippen LogP contribution in [0.5, 0.6) is 0 Å². The Hall–Kier alpha value is -3.16. The lowest BCUT2D eigenvalue weighted by Gasteiger charge is -2.51. The molecule has 5 rings (SSSR count). The molecule has 0 atom stereocenters. The molecule has 2 saturated heterocycles. The summed E-state index contributed by atoms with van der Waals surface area (Å²) in [6.07, 6.45) is 1.97. The van der Waals surface area contributed by atoms with Crippen molar-refractivity contribution in [3.05, 3.63) is 23.3 Å². The van der Waals surface area contributed by atoms with E-state index in [0.717, 1.165) is 45.2 Å². The third-order valence-electron chi connectivity index (χ3n) is 5.71. The summed E-state index contributed by atoms with van der Waals surface area (Å²) in [5, 5.41) is 0. The number of benzene rings is 1. The van der Waals surface area contributed by atoms with Gasteiger partial charge in [-0.1, -0.05) is 6.92 Å². The highest BCUT2D eigenvalue weighted by Crippen LogP contribution is 2.47. The topological polar surface area (TPSA) is 99.5 Å². The molecule has 8 heteroatoms. The summed E-state index contributed by atoms with van der Waals surface area (Å²) >= 11 is 0. The second-order valence-corrected chi connectivity index (χ2v) is 7.07. The molecule has 27 heavy (non-hydrogen) atoms. The summed E-state index contributed by atoms with van der Waals surface area (Å²) in [5.41, 5.74) is 2.55. The van der Waals surface area contributed by atoms with Gasteiger partial charge in [0.05, 0.1) is 11.4 Å². The number of fused-ring (bicyclic) bond motifs is 2. The molecule has 0 N–H and O–H groups in total. The number of hydrogen-bond donors (Lipinski definition) is 0. The Balaban J connectivity index is 1.42. The molecular formula is C19H16N4O4. The summed E-state index contributed by atoms with van der Waals surface area (Å²) in [6.45, 7) is 3.84. The summed E-state index contributed by atoms with van der Waals surface area (Å²) < 4.78 is 0. The Labute approximate surface area is 154 Å². The van der Waals surface area contributed by atoms with Crippen LogP contribution in [0, 0.1) is 5.41 Å². The molecule has 4 heterocycles. The normalized spacial score (nSPS) is 21.9. The van der Waals surface area contributed by atoms with E-state index in [-0.39, 0.29) is 12.4 Å². The van der Waals surface area contributed by atoms with Gasteiger partial charge in [-0.2, -0.15) is 0 Å². The van der Waals surface area contributed by atoms with Crippen molar-refractivity contribution in [2.45, 2.75) is 33.1 Å². The van der Waals surface area contributed by atoms with Gasteiger partial charge in [-0.15, -0.1) is 0 Å². The van der Waals surface area contributed by atoms with Crippen LogP contribution in [0.3, 0.4) is 0 Å². The molecule has 0 radical (unpaired) electrons. The lowest BCUT2D eigenvalue weighted by Crippen LogP contribution is -2.84. The van der Waals surface area contributed by atoms with Crippen molar-refractivity contribution in [3.63, 3.8) is 0 Å². The van der Waals surface area contributed by atoms with Crippen LogP contribution in [0.15, 0.2) is 22.1 Å². The molecule has 8 nitrogen and oxygen atoms in total. The Morgan fingerprint density at radius 2 is 1.48 bits per heavy atom. The van der Waals surface area contributed by atoms with E-state index in [4.69, 9.17) is 0 Å². The minimum atomic E-state index is -2.14. The van der Waals surface area contributed by atoms with E-state index < -0.39 is 29.0 Å². The highest BCUT2D eigenvalue weighted by Gasteiger charge is 2.80. The number of rotatable bonds is 2. The van der Waals surface area contributed by atoms with Crippen LogP contribution in [-0.4, -0.2) is 51.5 Å². The standard InChI is InChI=1S/C19H16N4O4/c1-3-11-5-9-6-13-10(7-12(9)20-11)8-14(21-13)23-17(26)19(18(23)27)15(24)22(4-2)16(19)25/h6-7H,3-5,8H2,1-2H3. The fourth-order valence-electron chi connectivity index (χ4n) is 4.16. The fourth-order valence-corrected chi connectivity index (χ4v) is 4.16. The number of β-lactam (4-membered cyclic amide) rings is 4. The monoisotopic (exact) mass is 364 g/mol. The molecule has 0 unspecified atom stereocenters. The smallest absolute Gasteiger partial charge is 0.279 e. The van der Waals surface area contributed by atoms with Crippen molar-refractivity contribution in [2.75, 3.05) is 6.54 Å². The average Bonchev–Trinajstić information content (AvgIpc) is 3.22. The van der Waals surface area contributed by atoms with Gasteiger partial charge in [-0.25, -0.2) is 9.89 Å². The molecule has 136 valence electrons. The number of aliphatic imine (C=N–C) groups is 2. The summed E-state index contributed by atoms with van der Waals surface area (Å²) in [6, 6.07) is 3.87. The maximum Gasteiger partial charge on any atom is 0.285 e. The predicted octanol–water partition coefficient (Wildman–Crippen LogP) is 1.06. The molecular weight excluding hydrogens is 348 g/mol. The lowest BCUT2D eigenvalue weighted by molar-refractivity contribution is -0.195. The minimum Gasteiger partial charge on any atom is -0.279 e.